The van der Waals surface area contributed by atoms with E-state index in [1.807, 2.05) is 0 Å². The molecule has 0 aliphatic heterocycles. The van der Waals surface area contributed by atoms with Crippen molar-refractivity contribution in [1.29, 1.82) is 0 Å². The highest BCUT2D eigenvalue weighted by atomic mass is 19.1. The Hall–Kier alpha value is -5.57. The Labute approximate surface area is 248 Å². The highest BCUT2D eigenvalue weighted by Gasteiger charge is 2.20. The van der Waals surface area contributed by atoms with Crippen LogP contribution in [0.15, 0.2) is 103 Å². The van der Waals surface area contributed by atoms with Gasteiger partial charge >= 0.3 is 23.9 Å². The molecule has 9 heteroatoms. The molecule has 0 unspecified atom stereocenters. The van der Waals surface area contributed by atoms with Crippen LogP contribution in [0.1, 0.15) is 27.7 Å². The van der Waals surface area contributed by atoms with Crippen LogP contribution in [0.25, 0.3) is 22.3 Å². The SMILES string of the molecule is C=C(C)C(=O)Oc1cc(OC(=O)C(=C)C)cc(-c2ccc(-c3cc(OC(=O)C(=C)C)cc(OC(=O)C(=C)C)c3F)cc2)c1. The fourth-order valence-electron chi connectivity index (χ4n) is 3.38. The van der Waals surface area contributed by atoms with Gasteiger partial charge in [0.25, 0.3) is 0 Å². The van der Waals surface area contributed by atoms with Gasteiger partial charge in [-0.3, -0.25) is 0 Å². The average molecular weight is 585 g/mol. The predicted octanol–water partition coefficient (Wildman–Crippen LogP) is 7.09. The van der Waals surface area contributed by atoms with Crippen LogP contribution in [-0.4, -0.2) is 23.9 Å². The Morgan fingerprint density at radius 1 is 0.512 bits per heavy atom. The number of halogens is 1. The molecule has 0 fully saturated rings. The third kappa shape index (κ3) is 8.23. The minimum Gasteiger partial charge on any atom is -0.423 e. The fourth-order valence-corrected chi connectivity index (χ4v) is 3.38. The number of carbonyl (C=O) groups excluding carboxylic acids is 4. The summed E-state index contributed by atoms with van der Waals surface area (Å²) in [6.45, 7) is 20.0. The van der Waals surface area contributed by atoms with E-state index in [0.29, 0.717) is 16.7 Å². The van der Waals surface area contributed by atoms with Crippen LogP contribution < -0.4 is 18.9 Å². The van der Waals surface area contributed by atoms with E-state index < -0.39 is 35.4 Å². The van der Waals surface area contributed by atoms with Crippen molar-refractivity contribution >= 4 is 23.9 Å². The molecule has 3 aromatic carbocycles. The zero-order chi connectivity index (χ0) is 32.0. The number of benzene rings is 3. The van der Waals surface area contributed by atoms with Gasteiger partial charge in [0.2, 0.25) is 0 Å². The maximum atomic E-state index is 15.6. The Morgan fingerprint density at radius 2 is 0.884 bits per heavy atom. The van der Waals surface area contributed by atoms with Gasteiger partial charge in [-0.15, -0.1) is 0 Å². The lowest BCUT2D eigenvalue weighted by molar-refractivity contribution is -0.131. The summed E-state index contributed by atoms with van der Waals surface area (Å²) in [6.07, 6.45) is 0. The summed E-state index contributed by atoms with van der Waals surface area (Å²) in [6, 6.07) is 13.3. The zero-order valence-electron chi connectivity index (χ0n) is 24.2. The second kappa shape index (κ2) is 13.4. The summed E-state index contributed by atoms with van der Waals surface area (Å²) in [5, 5.41) is 0. The van der Waals surface area contributed by atoms with Crippen molar-refractivity contribution < 1.29 is 42.5 Å². The molecule has 0 radical (unpaired) electrons. The molecule has 0 atom stereocenters. The first-order valence-corrected chi connectivity index (χ1v) is 12.8. The first-order valence-electron chi connectivity index (χ1n) is 12.8. The largest absolute Gasteiger partial charge is 0.423 e. The molecule has 0 amide bonds. The molecular weight excluding hydrogens is 555 g/mol. The zero-order valence-corrected chi connectivity index (χ0v) is 24.2. The minimum absolute atomic E-state index is 0.0247. The van der Waals surface area contributed by atoms with Crippen LogP contribution in [0, 0.1) is 5.82 Å². The van der Waals surface area contributed by atoms with Crippen molar-refractivity contribution in [3.63, 3.8) is 0 Å². The highest BCUT2D eigenvalue weighted by Crippen LogP contribution is 2.37. The van der Waals surface area contributed by atoms with Crippen molar-refractivity contribution in [3.8, 4) is 45.3 Å². The Kier molecular flexibility index (Phi) is 9.95. The van der Waals surface area contributed by atoms with Gasteiger partial charge in [-0.2, -0.15) is 0 Å². The number of hydrogen-bond acceptors (Lipinski definition) is 8. The lowest BCUT2D eigenvalue weighted by Crippen LogP contribution is -2.12. The first-order chi connectivity index (χ1) is 20.2. The third-order valence-electron chi connectivity index (χ3n) is 5.65. The predicted molar refractivity (Wildman–Crippen MR) is 159 cm³/mol. The van der Waals surface area contributed by atoms with Crippen molar-refractivity contribution in [2.24, 2.45) is 0 Å². The Morgan fingerprint density at radius 3 is 1.30 bits per heavy atom. The minimum atomic E-state index is -0.875. The van der Waals surface area contributed by atoms with E-state index in [1.165, 1.54) is 39.8 Å². The molecule has 3 rings (SSSR count). The molecule has 0 N–H and O–H groups in total. The number of esters is 4. The third-order valence-corrected chi connectivity index (χ3v) is 5.65. The molecule has 43 heavy (non-hydrogen) atoms. The van der Waals surface area contributed by atoms with Gasteiger partial charge in [-0.25, -0.2) is 23.6 Å². The summed E-state index contributed by atoms with van der Waals surface area (Å²) in [7, 11) is 0. The molecule has 0 heterocycles. The summed E-state index contributed by atoms with van der Waals surface area (Å²) in [5.41, 5.74) is 1.90. The summed E-state index contributed by atoms with van der Waals surface area (Å²) < 4.78 is 36.7. The molecule has 0 bridgehead atoms. The average Bonchev–Trinajstić information content (AvgIpc) is 2.94. The molecule has 0 aliphatic carbocycles. The van der Waals surface area contributed by atoms with Crippen LogP contribution in [0.3, 0.4) is 0 Å². The van der Waals surface area contributed by atoms with E-state index in [2.05, 4.69) is 26.3 Å². The van der Waals surface area contributed by atoms with E-state index in [1.54, 1.807) is 36.4 Å². The van der Waals surface area contributed by atoms with Gasteiger partial charge in [0, 0.05) is 40.0 Å². The van der Waals surface area contributed by atoms with Crippen LogP contribution in [0.4, 0.5) is 4.39 Å². The molecular formula is C34H29FO8. The van der Waals surface area contributed by atoms with Gasteiger partial charge in [0.15, 0.2) is 11.6 Å². The van der Waals surface area contributed by atoms with Crippen LogP contribution in [0.5, 0.6) is 23.0 Å². The van der Waals surface area contributed by atoms with Crippen molar-refractivity contribution in [2.75, 3.05) is 0 Å². The number of ether oxygens (including phenoxy) is 4. The van der Waals surface area contributed by atoms with Gasteiger partial charge in [-0.1, -0.05) is 50.6 Å². The normalized spacial score (nSPS) is 10.3. The molecule has 0 saturated carbocycles. The molecule has 220 valence electrons. The maximum absolute atomic E-state index is 15.6. The molecule has 0 spiro atoms. The van der Waals surface area contributed by atoms with Crippen LogP contribution >= 0.6 is 0 Å². The summed E-state index contributed by atoms with van der Waals surface area (Å²) in [5.74, 6) is -4.17. The summed E-state index contributed by atoms with van der Waals surface area (Å²) >= 11 is 0. The van der Waals surface area contributed by atoms with Crippen LogP contribution in [0.2, 0.25) is 0 Å². The monoisotopic (exact) mass is 584 g/mol. The van der Waals surface area contributed by atoms with Crippen molar-refractivity contribution in [3.05, 3.63) is 109 Å². The second-order valence-corrected chi connectivity index (χ2v) is 9.73. The Bertz CT molecular complexity index is 1650. The summed E-state index contributed by atoms with van der Waals surface area (Å²) in [4.78, 5) is 48.6. The maximum Gasteiger partial charge on any atom is 0.338 e. The Balaban J connectivity index is 2.08. The van der Waals surface area contributed by atoms with E-state index in [9.17, 15) is 19.2 Å². The van der Waals surface area contributed by atoms with E-state index in [0.717, 1.165) is 6.07 Å². The molecule has 3 aromatic rings. The lowest BCUT2D eigenvalue weighted by atomic mass is 9.99. The standard InChI is InChI=1S/C34H29FO8/c1-18(2)31(36)40-25-13-24(14-26(15-25)41-32(37)19(3)4)22-9-11-23(12-10-22)28-16-27(42-33(38)20(5)6)17-29(30(28)35)43-34(39)21(7)8/h9-17H,1,3,5,7H2,2,4,6,8H3. The number of carbonyl (C=O) groups is 4. The van der Waals surface area contributed by atoms with Crippen molar-refractivity contribution in [2.45, 2.75) is 27.7 Å². The number of rotatable bonds is 10. The van der Waals surface area contributed by atoms with Crippen LogP contribution in [-0.2, 0) is 19.2 Å². The van der Waals surface area contributed by atoms with Gasteiger partial charge in [0.1, 0.15) is 17.2 Å². The fraction of sp³-hybridized carbons (Fsp3) is 0.118. The van der Waals surface area contributed by atoms with E-state index in [4.69, 9.17) is 18.9 Å². The highest BCUT2D eigenvalue weighted by molar-refractivity contribution is 5.91. The quantitative estimate of drug-likeness (QED) is 0.141. The lowest BCUT2D eigenvalue weighted by Gasteiger charge is -2.14. The first kappa shape index (κ1) is 32.0. The smallest absolute Gasteiger partial charge is 0.338 e. The van der Waals surface area contributed by atoms with E-state index in [-0.39, 0.29) is 45.1 Å². The number of hydrogen-bond donors (Lipinski definition) is 0. The molecule has 0 aliphatic rings. The molecule has 0 aromatic heterocycles. The van der Waals surface area contributed by atoms with E-state index >= 15 is 4.39 Å². The topological polar surface area (TPSA) is 105 Å². The van der Waals surface area contributed by atoms with Gasteiger partial charge in [-0.05, 0) is 62.6 Å². The second-order valence-electron chi connectivity index (χ2n) is 9.73. The van der Waals surface area contributed by atoms with Gasteiger partial charge in [0.05, 0.1) is 0 Å². The molecule has 0 saturated heterocycles. The van der Waals surface area contributed by atoms with Crippen molar-refractivity contribution in [1.82, 2.24) is 0 Å². The van der Waals surface area contributed by atoms with Gasteiger partial charge < -0.3 is 18.9 Å². The molecule has 8 nitrogen and oxygen atoms in total.